The van der Waals surface area contributed by atoms with Crippen molar-refractivity contribution in [1.29, 1.82) is 0 Å². The molecule has 2 aromatic rings. The van der Waals surface area contributed by atoms with E-state index in [9.17, 15) is 0 Å². The molecule has 1 fully saturated rings. The number of benzene rings is 1. The van der Waals surface area contributed by atoms with Gasteiger partial charge in [0.05, 0.1) is 6.26 Å². The molecule has 0 spiro atoms. The van der Waals surface area contributed by atoms with Gasteiger partial charge in [0.1, 0.15) is 5.58 Å². The van der Waals surface area contributed by atoms with Crippen molar-refractivity contribution in [2.45, 2.75) is 6.42 Å². The molecule has 2 nitrogen and oxygen atoms in total. The summed E-state index contributed by atoms with van der Waals surface area (Å²) in [6, 6.07) is 8.31. The number of hydrogen-bond acceptors (Lipinski definition) is 2. The Balaban J connectivity index is 2.05. The molecule has 3 rings (SSSR count). The van der Waals surface area contributed by atoms with Gasteiger partial charge in [0, 0.05) is 23.4 Å². The van der Waals surface area contributed by atoms with Crippen LogP contribution in [0.5, 0.6) is 0 Å². The van der Waals surface area contributed by atoms with Crippen LogP contribution in [0, 0.1) is 12.3 Å². The topological polar surface area (TPSA) is 25.2 Å². The lowest BCUT2D eigenvalue weighted by atomic mass is 9.91. The molecule has 76 valence electrons. The van der Waals surface area contributed by atoms with Gasteiger partial charge in [0.25, 0.3) is 0 Å². The zero-order valence-electron chi connectivity index (χ0n) is 8.49. The molecule has 1 aliphatic rings. The molecule has 1 aromatic carbocycles. The van der Waals surface area contributed by atoms with E-state index in [0.29, 0.717) is 0 Å². The van der Waals surface area contributed by atoms with E-state index in [0.717, 1.165) is 25.1 Å². The van der Waals surface area contributed by atoms with E-state index < -0.39 is 0 Å². The van der Waals surface area contributed by atoms with Crippen molar-refractivity contribution in [3.8, 4) is 0 Å². The molecule has 0 bridgehead atoms. The Kier molecular flexibility index (Phi) is 2.22. The lowest BCUT2D eigenvalue weighted by Crippen LogP contribution is -2.29. The summed E-state index contributed by atoms with van der Waals surface area (Å²) >= 11 is 0. The van der Waals surface area contributed by atoms with Gasteiger partial charge in [-0.1, -0.05) is 18.2 Å². The standard InChI is InChI=1S/C13H13NO/c1-3-10-6-8-15-13(10)12(5-1)11-4-2-7-14-9-11/h1,3-6,8,14H,2,7,9H2. The summed E-state index contributed by atoms with van der Waals surface area (Å²) in [6.07, 6.45) is 5.16. The number of piperidine rings is 1. The highest BCUT2D eigenvalue weighted by Crippen LogP contribution is 2.28. The Morgan fingerprint density at radius 3 is 3.07 bits per heavy atom. The van der Waals surface area contributed by atoms with Crippen LogP contribution in [0.25, 0.3) is 11.0 Å². The molecule has 15 heavy (non-hydrogen) atoms. The van der Waals surface area contributed by atoms with E-state index in [1.165, 1.54) is 16.9 Å². The van der Waals surface area contributed by atoms with Gasteiger partial charge < -0.3 is 9.73 Å². The highest BCUT2D eigenvalue weighted by Gasteiger charge is 2.19. The Bertz CT molecular complexity index is 454. The van der Waals surface area contributed by atoms with Crippen molar-refractivity contribution in [2.24, 2.45) is 0 Å². The van der Waals surface area contributed by atoms with Crippen molar-refractivity contribution in [1.82, 2.24) is 5.32 Å². The van der Waals surface area contributed by atoms with E-state index in [1.807, 2.05) is 6.07 Å². The SMILES string of the molecule is [CH]1CCNC[C]1c1cccc2ccoc12. The molecule has 0 saturated carbocycles. The lowest BCUT2D eigenvalue weighted by molar-refractivity contribution is 0.603. The fraction of sp³-hybridized carbons (Fsp3) is 0.231. The van der Waals surface area contributed by atoms with Crippen molar-refractivity contribution in [2.75, 3.05) is 13.1 Å². The summed E-state index contributed by atoms with van der Waals surface area (Å²) in [7, 11) is 0. The van der Waals surface area contributed by atoms with E-state index >= 15 is 0 Å². The van der Waals surface area contributed by atoms with Crippen LogP contribution in [0.4, 0.5) is 0 Å². The zero-order chi connectivity index (χ0) is 10.1. The molecule has 0 atom stereocenters. The van der Waals surface area contributed by atoms with E-state index in [-0.39, 0.29) is 0 Å². The van der Waals surface area contributed by atoms with E-state index in [4.69, 9.17) is 4.42 Å². The van der Waals surface area contributed by atoms with Crippen LogP contribution in [0.15, 0.2) is 34.9 Å². The van der Waals surface area contributed by atoms with Gasteiger partial charge in [-0.05, 0) is 25.5 Å². The first kappa shape index (κ1) is 8.98. The maximum atomic E-state index is 5.53. The predicted molar refractivity (Wildman–Crippen MR) is 60.3 cm³/mol. The molecular formula is C13H13NO. The summed E-state index contributed by atoms with van der Waals surface area (Å²) in [5.41, 5.74) is 2.23. The number of hydrogen-bond donors (Lipinski definition) is 1. The summed E-state index contributed by atoms with van der Waals surface area (Å²) in [4.78, 5) is 0. The van der Waals surface area contributed by atoms with Crippen molar-refractivity contribution < 1.29 is 4.42 Å². The summed E-state index contributed by atoms with van der Waals surface area (Å²) in [6.45, 7) is 2.03. The molecule has 2 radical (unpaired) electrons. The first-order chi connectivity index (χ1) is 7.45. The van der Waals surface area contributed by atoms with Gasteiger partial charge in [0.2, 0.25) is 0 Å². The average molecular weight is 199 g/mol. The highest BCUT2D eigenvalue weighted by molar-refractivity contribution is 5.82. The van der Waals surface area contributed by atoms with Gasteiger partial charge in [0.15, 0.2) is 0 Å². The minimum atomic E-state index is 0.944. The maximum absolute atomic E-state index is 5.53. The summed E-state index contributed by atoms with van der Waals surface area (Å²) < 4.78 is 5.53. The quantitative estimate of drug-likeness (QED) is 0.763. The van der Waals surface area contributed by atoms with Crippen LogP contribution in [0.3, 0.4) is 0 Å². The highest BCUT2D eigenvalue weighted by atomic mass is 16.3. The third-order valence-electron chi connectivity index (χ3n) is 2.85. The van der Waals surface area contributed by atoms with Crippen LogP contribution in [0.2, 0.25) is 0 Å². The monoisotopic (exact) mass is 199 g/mol. The van der Waals surface area contributed by atoms with E-state index in [2.05, 4.69) is 29.9 Å². The van der Waals surface area contributed by atoms with Gasteiger partial charge >= 0.3 is 0 Å². The molecule has 1 aromatic heterocycles. The fourth-order valence-electron chi connectivity index (χ4n) is 2.09. The van der Waals surface area contributed by atoms with Gasteiger partial charge in [-0.3, -0.25) is 0 Å². The second kappa shape index (κ2) is 3.70. The smallest absolute Gasteiger partial charge is 0.137 e. The Hall–Kier alpha value is -1.28. The first-order valence-electron chi connectivity index (χ1n) is 5.31. The van der Waals surface area contributed by atoms with Crippen LogP contribution < -0.4 is 5.32 Å². The van der Waals surface area contributed by atoms with Crippen LogP contribution in [0.1, 0.15) is 12.0 Å². The fourth-order valence-corrected chi connectivity index (χ4v) is 2.09. The Morgan fingerprint density at radius 1 is 1.20 bits per heavy atom. The molecule has 1 saturated heterocycles. The predicted octanol–water partition coefficient (Wildman–Crippen LogP) is 2.55. The van der Waals surface area contributed by atoms with Crippen LogP contribution in [-0.4, -0.2) is 13.1 Å². The minimum Gasteiger partial charge on any atom is -0.464 e. The minimum absolute atomic E-state index is 0.944. The number of para-hydroxylation sites is 1. The Labute approximate surface area is 89.3 Å². The van der Waals surface area contributed by atoms with E-state index in [1.54, 1.807) is 6.26 Å². The van der Waals surface area contributed by atoms with Crippen molar-refractivity contribution in [3.05, 3.63) is 48.4 Å². The molecule has 0 amide bonds. The lowest BCUT2D eigenvalue weighted by Gasteiger charge is -2.22. The van der Waals surface area contributed by atoms with Crippen molar-refractivity contribution in [3.63, 3.8) is 0 Å². The van der Waals surface area contributed by atoms with Gasteiger partial charge in [-0.25, -0.2) is 0 Å². The normalized spacial score (nSPS) is 18.4. The zero-order valence-corrected chi connectivity index (χ0v) is 8.49. The first-order valence-corrected chi connectivity index (χ1v) is 5.31. The third kappa shape index (κ3) is 1.55. The van der Waals surface area contributed by atoms with Crippen LogP contribution >= 0.6 is 0 Å². The largest absolute Gasteiger partial charge is 0.464 e. The molecule has 1 N–H and O–H groups in total. The van der Waals surface area contributed by atoms with Gasteiger partial charge in [-0.2, -0.15) is 0 Å². The molecule has 0 unspecified atom stereocenters. The van der Waals surface area contributed by atoms with Crippen molar-refractivity contribution >= 4 is 11.0 Å². The molecule has 0 aliphatic carbocycles. The average Bonchev–Trinajstić information content (AvgIpc) is 2.78. The molecule has 2 heterocycles. The molecular weight excluding hydrogens is 186 g/mol. The number of fused-ring (bicyclic) bond motifs is 1. The summed E-state index contributed by atoms with van der Waals surface area (Å²) in [5, 5.41) is 4.56. The second-order valence-electron chi connectivity index (χ2n) is 3.84. The molecule has 1 aliphatic heterocycles. The molecule has 2 heteroatoms. The number of nitrogens with one attached hydrogen (secondary N) is 1. The number of rotatable bonds is 1. The second-order valence-corrected chi connectivity index (χ2v) is 3.84. The third-order valence-corrected chi connectivity index (χ3v) is 2.85. The Morgan fingerprint density at radius 2 is 2.20 bits per heavy atom. The summed E-state index contributed by atoms with van der Waals surface area (Å²) in [5.74, 6) is 1.35. The maximum Gasteiger partial charge on any atom is 0.137 e. The van der Waals surface area contributed by atoms with Gasteiger partial charge in [-0.15, -0.1) is 0 Å². The number of furan rings is 1. The van der Waals surface area contributed by atoms with Crippen LogP contribution in [-0.2, 0) is 0 Å².